The van der Waals surface area contributed by atoms with Crippen LogP contribution in [0.25, 0.3) is 11.1 Å². The molecule has 49 heavy (non-hydrogen) atoms. The fraction of sp³-hybridized carbons (Fsp3) is 0.472. The maximum atomic E-state index is 14.0. The molecule has 5 heterocycles. The summed E-state index contributed by atoms with van der Waals surface area (Å²) in [4.78, 5) is 49.5. The van der Waals surface area contributed by atoms with Crippen LogP contribution in [0.3, 0.4) is 0 Å². The molecule has 0 unspecified atom stereocenters. The molecule has 2 aromatic heterocycles. The van der Waals surface area contributed by atoms with E-state index in [1.807, 2.05) is 28.9 Å². The maximum Gasteiger partial charge on any atom is 0.302 e. The molecule has 0 spiro atoms. The van der Waals surface area contributed by atoms with Crippen molar-refractivity contribution >= 4 is 45.9 Å². The van der Waals surface area contributed by atoms with Gasteiger partial charge in [0.2, 0.25) is 0 Å². The zero-order valence-corrected chi connectivity index (χ0v) is 29.6. The Morgan fingerprint density at radius 3 is 2.67 bits per heavy atom. The van der Waals surface area contributed by atoms with Crippen LogP contribution in [0.15, 0.2) is 56.8 Å². The summed E-state index contributed by atoms with van der Waals surface area (Å²) < 4.78 is 14.5. The number of ether oxygens (including phenoxy) is 2. The Hall–Kier alpha value is -4.20. The SMILES string of the molecule is CC(=O)OCc1c(-c2cc(Nc3cc4n(n3)CCN(C3COC3)C4)c(=O)n(C)c2)cccc1N1CCN=C(SC2=C(C)CC(C)(C)C2)C1=O. The van der Waals surface area contributed by atoms with Gasteiger partial charge in [-0.1, -0.05) is 43.3 Å². The summed E-state index contributed by atoms with van der Waals surface area (Å²) in [6, 6.07) is 9.93. The number of rotatable bonds is 8. The molecule has 1 amide bonds. The second-order valence-electron chi connectivity index (χ2n) is 14.1. The summed E-state index contributed by atoms with van der Waals surface area (Å²) in [5.41, 5.74) is 5.54. The molecule has 1 N–H and O–H groups in total. The molecule has 1 aliphatic carbocycles. The van der Waals surface area contributed by atoms with Crippen LogP contribution in [-0.4, -0.2) is 75.1 Å². The lowest BCUT2D eigenvalue weighted by atomic mass is 9.90. The Morgan fingerprint density at radius 2 is 1.96 bits per heavy atom. The van der Waals surface area contributed by atoms with E-state index in [0.29, 0.717) is 46.9 Å². The lowest BCUT2D eigenvalue weighted by molar-refractivity contribution is -0.142. The first-order valence-electron chi connectivity index (χ1n) is 16.8. The van der Waals surface area contributed by atoms with Gasteiger partial charge in [0.05, 0.1) is 43.7 Å². The Bertz CT molecular complexity index is 1940. The molecule has 0 atom stereocenters. The van der Waals surface area contributed by atoms with Gasteiger partial charge in [-0.3, -0.25) is 29.0 Å². The minimum atomic E-state index is -0.426. The van der Waals surface area contributed by atoms with Crippen LogP contribution in [0, 0.1) is 5.41 Å². The van der Waals surface area contributed by atoms with Crippen molar-refractivity contribution in [3.8, 4) is 11.1 Å². The van der Waals surface area contributed by atoms with Crippen molar-refractivity contribution in [1.82, 2.24) is 19.2 Å². The number of carbonyl (C=O) groups is 2. The number of allylic oxidation sites excluding steroid dienone is 2. The average molecular weight is 686 g/mol. The van der Waals surface area contributed by atoms with Crippen LogP contribution >= 0.6 is 11.8 Å². The quantitative estimate of drug-likeness (QED) is 0.332. The predicted molar refractivity (Wildman–Crippen MR) is 191 cm³/mol. The van der Waals surface area contributed by atoms with E-state index in [1.165, 1.54) is 33.7 Å². The van der Waals surface area contributed by atoms with Gasteiger partial charge in [0.15, 0.2) is 10.9 Å². The molecule has 1 saturated heterocycles. The van der Waals surface area contributed by atoms with Crippen molar-refractivity contribution in [2.45, 2.75) is 66.3 Å². The highest BCUT2D eigenvalue weighted by Crippen LogP contribution is 2.46. The minimum Gasteiger partial charge on any atom is -0.461 e. The predicted octanol–water partition coefficient (Wildman–Crippen LogP) is 4.84. The Morgan fingerprint density at radius 1 is 1.14 bits per heavy atom. The van der Waals surface area contributed by atoms with Crippen LogP contribution in [0.2, 0.25) is 0 Å². The van der Waals surface area contributed by atoms with Gasteiger partial charge >= 0.3 is 5.97 Å². The zero-order chi connectivity index (χ0) is 34.4. The number of nitrogens with zero attached hydrogens (tertiary/aromatic N) is 6. The smallest absolute Gasteiger partial charge is 0.302 e. The molecular formula is C36H43N7O5S. The van der Waals surface area contributed by atoms with Crippen molar-refractivity contribution in [2.24, 2.45) is 17.5 Å². The van der Waals surface area contributed by atoms with Crippen molar-refractivity contribution in [2.75, 3.05) is 43.1 Å². The van der Waals surface area contributed by atoms with E-state index in [2.05, 4.69) is 36.0 Å². The Labute approximate surface area is 290 Å². The number of thioether (sulfide) groups is 1. The van der Waals surface area contributed by atoms with Crippen LogP contribution in [0.5, 0.6) is 0 Å². The fourth-order valence-corrected chi connectivity index (χ4v) is 8.45. The van der Waals surface area contributed by atoms with Crippen LogP contribution in [0.4, 0.5) is 17.2 Å². The lowest BCUT2D eigenvalue weighted by Crippen LogP contribution is -2.51. The van der Waals surface area contributed by atoms with Gasteiger partial charge in [-0.15, -0.1) is 0 Å². The van der Waals surface area contributed by atoms with Gasteiger partial charge < -0.3 is 24.3 Å². The molecule has 0 radical (unpaired) electrons. The normalized spacial score (nSPS) is 19.5. The largest absolute Gasteiger partial charge is 0.461 e. The number of pyridine rings is 1. The molecule has 7 rings (SSSR count). The fourth-order valence-electron chi connectivity index (χ4n) is 7.15. The van der Waals surface area contributed by atoms with E-state index in [0.717, 1.165) is 62.5 Å². The molecule has 0 bridgehead atoms. The average Bonchev–Trinajstić information content (AvgIpc) is 3.55. The number of aliphatic imine (C=N–C) groups is 1. The molecule has 3 aliphatic heterocycles. The molecule has 258 valence electrons. The molecule has 12 nitrogen and oxygen atoms in total. The van der Waals surface area contributed by atoms with Gasteiger partial charge in [-0.05, 0) is 47.8 Å². The first kappa shape index (κ1) is 33.3. The first-order chi connectivity index (χ1) is 23.5. The van der Waals surface area contributed by atoms with Gasteiger partial charge in [0, 0.05) is 57.0 Å². The highest BCUT2D eigenvalue weighted by molar-refractivity contribution is 8.19. The number of fused-ring (bicyclic) bond motifs is 1. The van der Waals surface area contributed by atoms with Gasteiger partial charge in [0.1, 0.15) is 12.3 Å². The maximum absolute atomic E-state index is 14.0. The van der Waals surface area contributed by atoms with Gasteiger partial charge in [-0.2, -0.15) is 5.10 Å². The minimum absolute atomic E-state index is 0.0371. The second-order valence-corrected chi connectivity index (χ2v) is 15.2. The molecule has 1 aromatic carbocycles. The third-order valence-corrected chi connectivity index (χ3v) is 10.9. The lowest BCUT2D eigenvalue weighted by Gasteiger charge is -2.39. The molecule has 3 aromatic rings. The number of aromatic nitrogens is 3. The number of hydrogen-bond acceptors (Lipinski definition) is 10. The van der Waals surface area contributed by atoms with Crippen LogP contribution in [-0.2, 0) is 45.8 Å². The number of aryl methyl sites for hydroxylation is 1. The van der Waals surface area contributed by atoms with E-state index < -0.39 is 5.97 Å². The molecule has 4 aliphatic rings. The Kier molecular flexibility index (Phi) is 9.01. The summed E-state index contributed by atoms with van der Waals surface area (Å²) in [6.07, 6.45) is 3.68. The zero-order valence-electron chi connectivity index (χ0n) is 28.7. The highest BCUT2D eigenvalue weighted by Gasteiger charge is 2.34. The summed E-state index contributed by atoms with van der Waals surface area (Å²) in [6.45, 7) is 12.8. The monoisotopic (exact) mass is 685 g/mol. The number of amides is 1. The first-order valence-corrected chi connectivity index (χ1v) is 17.6. The summed E-state index contributed by atoms with van der Waals surface area (Å²) >= 11 is 1.48. The second kappa shape index (κ2) is 13.3. The van der Waals surface area contributed by atoms with Crippen molar-refractivity contribution in [1.29, 1.82) is 0 Å². The molecule has 13 heteroatoms. The van der Waals surface area contributed by atoms with Crippen molar-refractivity contribution < 1.29 is 19.1 Å². The number of esters is 1. The number of anilines is 3. The number of carbonyl (C=O) groups excluding carboxylic acids is 2. The van der Waals surface area contributed by atoms with E-state index in [1.54, 1.807) is 24.2 Å². The molecule has 1 fully saturated rings. The van der Waals surface area contributed by atoms with E-state index in [-0.39, 0.29) is 23.5 Å². The third kappa shape index (κ3) is 6.84. The van der Waals surface area contributed by atoms with Gasteiger partial charge in [0.25, 0.3) is 11.5 Å². The van der Waals surface area contributed by atoms with Gasteiger partial charge in [-0.25, -0.2) is 0 Å². The van der Waals surface area contributed by atoms with E-state index in [4.69, 9.17) is 14.6 Å². The standard InChI is InChI=1S/C36H43N7O5S/c1-22-15-36(3,4)16-31(22)49-33-35(46)42(10-9-37-33)30-8-6-7-27(28(30)21-48-23(2)44)24-13-29(34(45)40(5)17-24)38-32-14-25-18-41(26-19-47-20-26)11-12-43(25)39-32/h6-8,13-14,17,26H,9-12,15-16,18-21H2,1-5H3,(H,38,39). The molecule has 0 saturated carbocycles. The van der Waals surface area contributed by atoms with Crippen LogP contribution < -0.4 is 15.8 Å². The number of benzene rings is 1. The van der Waals surface area contributed by atoms with Crippen molar-refractivity contribution in [3.63, 3.8) is 0 Å². The topological polar surface area (TPSA) is 123 Å². The van der Waals surface area contributed by atoms with E-state index in [9.17, 15) is 14.4 Å². The third-order valence-electron chi connectivity index (χ3n) is 9.67. The van der Waals surface area contributed by atoms with Crippen molar-refractivity contribution in [3.05, 3.63) is 68.6 Å². The Balaban J connectivity index is 1.19. The number of nitrogens with one attached hydrogen (secondary N) is 1. The molecular weight excluding hydrogens is 643 g/mol. The summed E-state index contributed by atoms with van der Waals surface area (Å²) in [5, 5.41) is 8.49. The van der Waals surface area contributed by atoms with Crippen LogP contribution in [0.1, 0.15) is 51.8 Å². The van der Waals surface area contributed by atoms with E-state index >= 15 is 0 Å². The summed E-state index contributed by atoms with van der Waals surface area (Å²) in [5.74, 6) is 0.00582. The number of hydrogen-bond donors (Lipinski definition) is 1. The highest BCUT2D eigenvalue weighted by atomic mass is 32.2. The summed E-state index contributed by atoms with van der Waals surface area (Å²) in [7, 11) is 1.71.